The highest BCUT2D eigenvalue weighted by Gasteiger charge is 2.34. The first-order valence-corrected chi connectivity index (χ1v) is 6.95. The molecule has 0 fully saturated rings. The molecule has 0 saturated heterocycles. The largest absolute Gasteiger partial charge is 0.492 e. The Bertz CT molecular complexity index is 572. The van der Waals surface area contributed by atoms with E-state index in [0.717, 1.165) is 12.1 Å². The molecule has 5 nitrogen and oxygen atoms in total. The lowest BCUT2D eigenvalue weighted by molar-refractivity contribution is -0.150. The van der Waals surface area contributed by atoms with Gasteiger partial charge in [0.2, 0.25) is 0 Å². The van der Waals surface area contributed by atoms with E-state index in [0.29, 0.717) is 0 Å². The zero-order valence-electron chi connectivity index (χ0n) is 12.8. The Morgan fingerprint density at radius 3 is 2.52 bits per heavy atom. The van der Waals surface area contributed by atoms with Crippen LogP contribution in [-0.4, -0.2) is 25.0 Å². The maximum atomic E-state index is 12.9. The molecule has 0 aliphatic carbocycles. The van der Waals surface area contributed by atoms with Gasteiger partial charge in [0.15, 0.2) is 0 Å². The van der Waals surface area contributed by atoms with Gasteiger partial charge in [-0.3, -0.25) is 9.59 Å². The normalized spacial score (nSPS) is 12.6. The molecule has 0 bridgehead atoms. The van der Waals surface area contributed by atoms with Crippen LogP contribution in [0.15, 0.2) is 18.2 Å². The highest BCUT2D eigenvalue weighted by Crippen LogP contribution is 2.37. The first-order chi connectivity index (χ1) is 10.7. The molecule has 0 radical (unpaired) electrons. The topological polar surface area (TPSA) is 78.6 Å². The van der Waals surface area contributed by atoms with Crippen LogP contribution in [0, 0.1) is 5.92 Å². The summed E-state index contributed by atoms with van der Waals surface area (Å²) < 4.78 is 48.3. The minimum Gasteiger partial charge on any atom is -0.492 e. The van der Waals surface area contributed by atoms with Crippen LogP contribution in [0.2, 0.25) is 0 Å². The van der Waals surface area contributed by atoms with E-state index in [-0.39, 0.29) is 25.3 Å². The Labute approximate surface area is 131 Å². The maximum Gasteiger partial charge on any atom is 0.420 e. The van der Waals surface area contributed by atoms with Gasteiger partial charge in [-0.25, -0.2) is 0 Å². The zero-order chi connectivity index (χ0) is 17.6. The number of ether oxygens (including phenoxy) is 2. The fourth-order valence-electron chi connectivity index (χ4n) is 1.77. The molecule has 2 N–H and O–H groups in total. The molecule has 1 atom stereocenters. The van der Waals surface area contributed by atoms with Crippen molar-refractivity contribution in [2.45, 2.75) is 26.4 Å². The Morgan fingerprint density at radius 2 is 1.96 bits per heavy atom. The third kappa shape index (κ3) is 5.46. The van der Waals surface area contributed by atoms with E-state index in [1.165, 1.54) is 13.0 Å². The second-order valence-corrected chi connectivity index (χ2v) is 4.79. The molecule has 0 amide bonds. The van der Waals surface area contributed by atoms with Crippen LogP contribution >= 0.6 is 0 Å². The lowest BCUT2D eigenvalue weighted by Crippen LogP contribution is -2.24. The second kappa shape index (κ2) is 7.85. The Morgan fingerprint density at radius 1 is 1.30 bits per heavy atom. The predicted molar refractivity (Wildman–Crippen MR) is 76.8 cm³/mol. The van der Waals surface area contributed by atoms with Crippen LogP contribution in [0.4, 0.5) is 18.9 Å². The number of rotatable bonds is 7. The van der Waals surface area contributed by atoms with E-state index in [9.17, 15) is 22.8 Å². The van der Waals surface area contributed by atoms with E-state index in [1.807, 2.05) is 0 Å². The van der Waals surface area contributed by atoms with Gasteiger partial charge in [0, 0.05) is 12.1 Å². The van der Waals surface area contributed by atoms with Gasteiger partial charge in [0.05, 0.1) is 18.8 Å². The van der Waals surface area contributed by atoms with Crippen LogP contribution in [0.25, 0.3) is 0 Å². The second-order valence-electron chi connectivity index (χ2n) is 4.79. The minimum absolute atomic E-state index is 0.0447. The maximum absolute atomic E-state index is 12.9. The number of hydrogen-bond donors (Lipinski definition) is 1. The molecule has 23 heavy (non-hydrogen) atoms. The van der Waals surface area contributed by atoms with Crippen LogP contribution in [-0.2, 0) is 20.5 Å². The van der Waals surface area contributed by atoms with Gasteiger partial charge in [-0.05, 0) is 32.0 Å². The number of anilines is 1. The molecule has 0 aromatic heterocycles. The molecule has 1 aromatic carbocycles. The quantitative estimate of drug-likeness (QED) is 0.471. The number of carbonyl (C=O) groups is 2. The number of hydrogen-bond acceptors (Lipinski definition) is 5. The first kappa shape index (κ1) is 18.8. The fraction of sp³-hybridized carbons (Fsp3) is 0.467. The van der Waals surface area contributed by atoms with Crippen molar-refractivity contribution in [2.24, 2.45) is 5.92 Å². The summed E-state index contributed by atoms with van der Waals surface area (Å²) in [5.41, 5.74) is 4.29. The van der Waals surface area contributed by atoms with Crippen molar-refractivity contribution in [3.05, 3.63) is 23.8 Å². The van der Waals surface area contributed by atoms with Crippen molar-refractivity contribution in [1.29, 1.82) is 0 Å². The molecular formula is C15H18F3NO4. The van der Waals surface area contributed by atoms with Gasteiger partial charge < -0.3 is 15.2 Å². The summed E-state index contributed by atoms with van der Waals surface area (Å²) in [4.78, 5) is 23.2. The predicted octanol–water partition coefficient (Wildman–Crippen LogP) is 2.82. The highest BCUT2D eigenvalue weighted by atomic mass is 19.4. The molecule has 0 heterocycles. The van der Waals surface area contributed by atoms with Crippen molar-refractivity contribution in [3.63, 3.8) is 0 Å². The Kier molecular flexibility index (Phi) is 6.41. The van der Waals surface area contributed by atoms with Gasteiger partial charge in [0.1, 0.15) is 17.5 Å². The van der Waals surface area contributed by atoms with Crippen molar-refractivity contribution in [2.75, 3.05) is 18.9 Å². The van der Waals surface area contributed by atoms with Crippen molar-refractivity contribution in [1.82, 2.24) is 0 Å². The van der Waals surface area contributed by atoms with Crippen LogP contribution in [0.5, 0.6) is 5.75 Å². The standard InChI is InChI=1S/C15H18F3NO4/c1-3-22-14(21)9(2)12(20)6-7-23-13-5-4-10(19)8-11(13)15(16,17)18/h4-5,8-9H,3,6-7,19H2,1-2H3. The smallest absolute Gasteiger partial charge is 0.420 e. The summed E-state index contributed by atoms with van der Waals surface area (Å²) in [6, 6.07) is 3.13. The fourth-order valence-corrected chi connectivity index (χ4v) is 1.77. The zero-order valence-corrected chi connectivity index (χ0v) is 12.8. The Balaban J connectivity index is 2.66. The lowest BCUT2D eigenvalue weighted by atomic mass is 10.0. The first-order valence-electron chi connectivity index (χ1n) is 6.95. The van der Waals surface area contributed by atoms with Crippen molar-refractivity contribution >= 4 is 17.4 Å². The molecular weight excluding hydrogens is 315 g/mol. The molecule has 0 spiro atoms. The van der Waals surface area contributed by atoms with E-state index >= 15 is 0 Å². The molecule has 0 aliphatic heterocycles. The number of alkyl halides is 3. The van der Waals surface area contributed by atoms with Gasteiger partial charge >= 0.3 is 12.1 Å². The summed E-state index contributed by atoms with van der Waals surface area (Å²) >= 11 is 0. The molecule has 0 saturated carbocycles. The minimum atomic E-state index is -4.62. The van der Waals surface area contributed by atoms with Crippen LogP contribution < -0.4 is 10.5 Å². The molecule has 128 valence electrons. The number of halogens is 3. The number of benzene rings is 1. The third-order valence-electron chi connectivity index (χ3n) is 3.04. The van der Waals surface area contributed by atoms with E-state index in [2.05, 4.69) is 0 Å². The molecule has 1 rings (SSSR count). The Hall–Kier alpha value is -2.25. The summed E-state index contributed by atoms with van der Waals surface area (Å²) in [5.74, 6) is -2.52. The summed E-state index contributed by atoms with van der Waals surface area (Å²) in [6.07, 6.45) is -4.82. The molecule has 1 aromatic rings. The van der Waals surface area contributed by atoms with Gasteiger partial charge in [-0.15, -0.1) is 0 Å². The average molecular weight is 333 g/mol. The summed E-state index contributed by atoms with van der Waals surface area (Å²) in [7, 11) is 0. The average Bonchev–Trinajstić information content (AvgIpc) is 2.47. The SMILES string of the molecule is CCOC(=O)C(C)C(=O)CCOc1ccc(N)cc1C(F)(F)F. The number of Topliss-reactive ketones (excluding diaryl/α,β-unsaturated/α-hetero) is 1. The molecule has 8 heteroatoms. The monoisotopic (exact) mass is 333 g/mol. The number of nitrogen functional groups attached to an aromatic ring is 1. The van der Waals surface area contributed by atoms with Gasteiger partial charge in [-0.1, -0.05) is 0 Å². The van der Waals surface area contributed by atoms with E-state index in [1.54, 1.807) is 6.92 Å². The van der Waals surface area contributed by atoms with E-state index in [4.69, 9.17) is 15.2 Å². The van der Waals surface area contributed by atoms with Crippen LogP contribution in [0.3, 0.4) is 0 Å². The van der Waals surface area contributed by atoms with Crippen molar-refractivity contribution in [3.8, 4) is 5.75 Å². The number of ketones is 1. The molecule has 0 aliphatic rings. The number of nitrogens with two attached hydrogens (primary N) is 1. The summed E-state index contributed by atoms with van der Waals surface area (Å²) in [5, 5.41) is 0. The molecule has 1 unspecified atom stereocenters. The van der Waals surface area contributed by atoms with Gasteiger partial charge in [0.25, 0.3) is 0 Å². The lowest BCUT2D eigenvalue weighted by Gasteiger charge is -2.15. The summed E-state index contributed by atoms with van der Waals surface area (Å²) in [6.45, 7) is 2.85. The number of carbonyl (C=O) groups excluding carboxylic acids is 2. The number of esters is 1. The van der Waals surface area contributed by atoms with E-state index < -0.39 is 35.2 Å². The van der Waals surface area contributed by atoms with Gasteiger partial charge in [-0.2, -0.15) is 13.2 Å². The highest BCUT2D eigenvalue weighted by molar-refractivity contribution is 5.98. The van der Waals surface area contributed by atoms with Crippen molar-refractivity contribution < 1.29 is 32.2 Å². The third-order valence-corrected chi connectivity index (χ3v) is 3.04. The van der Waals surface area contributed by atoms with Crippen LogP contribution in [0.1, 0.15) is 25.8 Å².